The van der Waals surface area contributed by atoms with Crippen molar-refractivity contribution in [3.8, 4) is 0 Å². The van der Waals surface area contributed by atoms with Gasteiger partial charge in [0.2, 0.25) is 0 Å². The Labute approximate surface area is 279 Å². The Bertz CT molecular complexity index is 999. The molecular formula is C27H51N7O14. The van der Waals surface area contributed by atoms with E-state index in [2.05, 4.69) is 56.3 Å². The summed E-state index contributed by atoms with van der Waals surface area (Å²) in [5.74, 6) is -2.79. The summed E-state index contributed by atoms with van der Waals surface area (Å²) < 4.78 is 17.7. The normalized spacial score (nSPS) is 12.4. The van der Waals surface area contributed by atoms with E-state index >= 15 is 0 Å². The van der Waals surface area contributed by atoms with E-state index in [1.807, 2.05) is 0 Å². The number of carbonyl (C=O) groups excluding carboxylic acids is 8. The van der Waals surface area contributed by atoms with E-state index in [1.165, 1.54) is 35.4 Å². The molecule has 1 aliphatic heterocycles. The van der Waals surface area contributed by atoms with E-state index < -0.39 is 60.2 Å². The number of alkyl carbamates (subject to hydrolysis) is 4. The molecule has 2 atom stereocenters. The van der Waals surface area contributed by atoms with E-state index in [0.29, 0.717) is 50.3 Å². The predicted molar refractivity (Wildman–Crippen MR) is 166 cm³/mol. The van der Waals surface area contributed by atoms with Crippen molar-refractivity contribution in [1.82, 2.24) is 31.8 Å². The van der Waals surface area contributed by atoms with E-state index in [9.17, 15) is 38.4 Å². The highest BCUT2D eigenvalue weighted by Crippen LogP contribution is 2.14. The molecule has 0 aliphatic carbocycles. The van der Waals surface area contributed by atoms with E-state index in [1.54, 1.807) is 0 Å². The molecule has 21 nitrogen and oxygen atoms in total. The summed E-state index contributed by atoms with van der Waals surface area (Å²) >= 11 is 0. The topological polar surface area (TPSA) is 281 Å². The smallest absolute Gasteiger partial charge is 0.407 e. The lowest BCUT2D eigenvalue weighted by atomic mass is 10.1. The highest BCUT2D eigenvalue weighted by molar-refractivity contribution is 6.01. The molecule has 1 rings (SSSR count). The second-order valence-electron chi connectivity index (χ2n) is 8.82. The van der Waals surface area contributed by atoms with Crippen molar-refractivity contribution in [2.24, 2.45) is 5.73 Å². The maximum atomic E-state index is 12.1. The zero-order valence-corrected chi connectivity index (χ0v) is 27.5. The molecule has 48 heavy (non-hydrogen) atoms. The molecule has 0 radical (unpaired) electrons. The number of amides is 6. The van der Waals surface area contributed by atoms with Crippen LogP contribution in [0.3, 0.4) is 0 Å². The summed E-state index contributed by atoms with van der Waals surface area (Å²) in [7, 11) is 7.79. The van der Waals surface area contributed by atoms with Crippen LogP contribution < -0.4 is 32.5 Å². The van der Waals surface area contributed by atoms with Crippen molar-refractivity contribution in [3.05, 3.63) is 0 Å². The number of carbonyl (C=O) groups is 8. The predicted octanol–water partition coefficient (Wildman–Crippen LogP) is -0.0296. The van der Waals surface area contributed by atoms with Crippen molar-refractivity contribution in [1.29, 1.82) is 0 Å². The minimum atomic E-state index is -1.10. The minimum Gasteiger partial charge on any atom is -0.453 e. The first-order valence-electron chi connectivity index (χ1n) is 14.3. The average Bonchev–Trinajstić information content (AvgIpc) is 3.39. The van der Waals surface area contributed by atoms with Gasteiger partial charge >= 0.3 is 36.3 Å². The van der Waals surface area contributed by atoms with Crippen LogP contribution in [0, 0.1) is 0 Å². The lowest BCUT2D eigenvalue weighted by molar-refractivity contribution is -0.199. The van der Waals surface area contributed by atoms with Crippen molar-refractivity contribution >= 4 is 48.1 Å². The molecule has 6 amide bonds. The SMILES string of the molecule is C.CN.CNOC(=O)C(CCCCNC(=O)OC)NC(=O)OC.COC(=O)NCCCCC(NC(=O)OC)C(=O)ON1C(=O)CCC1=O. The molecule has 0 bridgehead atoms. The van der Waals surface area contributed by atoms with Gasteiger partial charge in [0.1, 0.15) is 12.1 Å². The molecular weight excluding hydrogens is 646 g/mol. The van der Waals surface area contributed by atoms with E-state index in [0.717, 1.165) is 7.11 Å². The van der Waals surface area contributed by atoms with Crippen molar-refractivity contribution in [3.63, 3.8) is 0 Å². The molecule has 1 heterocycles. The first-order valence-corrected chi connectivity index (χ1v) is 14.3. The van der Waals surface area contributed by atoms with Crippen LogP contribution in [0.15, 0.2) is 0 Å². The van der Waals surface area contributed by atoms with Crippen LogP contribution in [-0.2, 0) is 47.8 Å². The largest absolute Gasteiger partial charge is 0.453 e. The zero-order valence-electron chi connectivity index (χ0n) is 27.5. The molecule has 1 fully saturated rings. The van der Waals surface area contributed by atoms with Gasteiger partial charge in [0.15, 0.2) is 0 Å². The van der Waals surface area contributed by atoms with Gasteiger partial charge in [0.25, 0.3) is 11.8 Å². The average molecular weight is 698 g/mol. The van der Waals surface area contributed by atoms with Gasteiger partial charge in [-0.15, -0.1) is 5.06 Å². The fourth-order valence-corrected chi connectivity index (χ4v) is 3.36. The maximum absolute atomic E-state index is 12.1. The van der Waals surface area contributed by atoms with Crippen LogP contribution in [0.1, 0.15) is 58.8 Å². The van der Waals surface area contributed by atoms with E-state index in [-0.39, 0.29) is 26.7 Å². The monoisotopic (exact) mass is 697 g/mol. The third-order valence-corrected chi connectivity index (χ3v) is 5.66. The second-order valence-corrected chi connectivity index (χ2v) is 8.82. The van der Waals surface area contributed by atoms with Gasteiger partial charge in [-0.2, -0.15) is 5.48 Å². The van der Waals surface area contributed by atoms with Crippen LogP contribution >= 0.6 is 0 Å². The Morgan fingerprint density at radius 2 is 1.04 bits per heavy atom. The number of methoxy groups -OCH3 is 4. The Hall–Kier alpha value is -4.92. The number of imide groups is 1. The standard InChI is InChI=1S/C14H21N3O8.C11H21N3O6.CH5N.CH4/c1-23-13(21)15-8-4-3-5-9(16-14(22)24-2)12(20)25-17-10(18)6-7-11(17)19;1-12-20-9(15)8(14-11(17)19-3)6-4-5-7-13-10(16)18-2;1-2;/h9H,3-8H2,1-2H3,(H,15,21)(H,16,22);8,12H,4-7H2,1-3H3,(H,13,16)(H,14,17);2H2,1H3;1H4. The number of nitrogens with one attached hydrogen (secondary N) is 5. The lowest BCUT2D eigenvalue weighted by Crippen LogP contribution is -2.45. The van der Waals surface area contributed by atoms with Crippen molar-refractivity contribution in [2.75, 3.05) is 55.6 Å². The second kappa shape index (κ2) is 29.5. The molecule has 21 heteroatoms. The zero-order chi connectivity index (χ0) is 36.2. The Morgan fingerprint density at radius 1 is 0.667 bits per heavy atom. The fourth-order valence-electron chi connectivity index (χ4n) is 3.36. The van der Waals surface area contributed by atoms with Gasteiger partial charge in [0.05, 0.1) is 28.4 Å². The van der Waals surface area contributed by atoms with Gasteiger partial charge in [0, 0.05) is 33.0 Å². The summed E-state index contributed by atoms with van der Waals surface area (Å²) in [4.78, 5) is 100. The van der Waals surface area contributed by atoms with Gasteiger partial charge in [-0.3, -0.25) is 9.59 Å². The number of unbranched alkanes of at least 4 members (excludes halogenated alkanes) is 2. The van der Waals surface area contributed by atoms with Crippen molar-refractivity contribution < 1.29 is 67.0 Å². The van der Waals surface area contributed by atoms with E-state index in [4.69, 9.17) is 4.84 Å². The third kappa shape index (κ3) is 21.8. The highest BCUT2D eigenvalue weighted by Gasteiger charge is 2.35. The van der Waals surface area contributed by atoms with Gasteiger partial charge in [-0.05, 0) is 45.6 Å². The van der Waals surface area contributed by atoms with Gasteiger partial charge in [-0.1, -0.05) is 7.43 Å². The summed E-state index contributed by atoms with van der Waals surface area (Å²) in [6, 6.07) is -1.92. The summed E-state index contributed by atoms with van der Waals surface area (Å²) in [6.07, 6.45) is -0.0210. The van der Waals surface area contributed by atoms with Crippen LogP contribution in [0.2, 0.25) is 0 Å². The van der Waals surface area contributed by atoms with Crippen LogP contribution in [0.25, 0.3) is 0 Å². The van der Waals surface area contributed by atoms with Crippen LogP contribution in [0.5, 0.6) is 0 Å². The number of nitrogens with zero attached hydrogens (tertiary/aromatic N) is 1. The third-order valence-electron chi connectivity index (χ3n) is 5.66. The first kappa shape index (κ1) is 47.5. The molecule has 2 unspecified atom stereocenters. The number of ether oxygens (including phenoxy) is 4. The minimum absolute atomic E-state index is 0. The lowest BCUT2D eigenvalue weighted by Gasteiger charge is -2.19. The maximum Gasteiger partial charge on any atom is 0.407 e. The quantitative estimate of drug-likeness (QED) is 0.0534. The van der Waals surface area contributed by atoms with Crippen LogP contribution in [0.4, 0.5) is 19.2 Å². The Morgan fingerprint density at radius 3 is 1.40 bits per heavy atom. The Kier molecular flexibility index (Phi) is 29.2. The molecule has 0 aromatic carbocycles. The number of hydroxylamine groups is 3. The molecule has 1 saturated heterocycles. The molecule has 7 N–H and O–H groups in total. The van der Waals surface area contributed by atoms with Crippen LogP contribution in [-0.4, -0.2) is 121 Å². The Balaban J connectivity index is -0.000000804. The highest BCUT2D eigenvalue weighted by atomic mass is 16.7. The first-order chi connectivity index (χ1) is 22.4. The van der Waals surface area contributed by atoms with Gasteiger partial charge in [-0.25, -0.2) is 28.8 Å². The molecule has 0 aromatic rings. The number of nitrogens with two attached hydrogens (primary N) is 1. The number of rotatable bonds is 16. The van der Waals surface area contributed by atoms with Crippen molar-refractivity contribution in [2.45, 2.75) is 70.9 Å². The molecule has 0 aromatic heterocycles. The van der Waals surface area contributed by atoms with Gasteiger partial charge < -0.3 is 55.6 Å². The number of hydrogen-bond acceptors (Lipinski definition) is 16. The molecule has 1 aliphatic rings. The molecule has 0 saturated carbocycles. The molecule has 278 valence electrons. The molecule has 0 spiro atoms. The summed E-state index contributed by atoms with van der Waals surface area (Å²) in [5, 5.41) is 10.0. The number of hydrogen-bond donors (Lipinski definition) is 6. The summed E-state index contributed by atoms with van der Waals surface area (Å²) in [6.45, 7) is 0.731. The summed E-state index contributed by atoms with van der Waals surface area (Å²) in [5.41, 5.74) is 6.75. The fraction of sp³-hybridized carbons (Fsp3) is 0.704.